The van der Waals surface area contributed by atoms with E-state index in [4.69, 9.17) is 9.47 Å². The first kappa shape index (κ1) is 19.2. The van der Waals surface area contributed by atoms with E-state index in [0.717, 1.165) is 11.1 Å². The summed E-state index contributed by atoms with van der Waals surface area (Å²) < 4.78 is 38.0. The lowest BCUT2D eigenvalue weighted by molar-refractivity contribution is 0.143. The number of hydrogen-bond acceptors (Lipinski definition) is 5. The minimum absolute atomic E-state index is 0.00145. The molecule has 1 amide bonds. The molecule has 1 N–H and O–H groups in total. The van der Waals surface area contributed by atoms with Crippen molar-refractivity contribution in [2.75, 3.05) is 25.1 Å². The lowest BCUT2D eigenvalue weighted by atomic mass is 10.1. The number of methoxy groups -OCH3 is 1. The normalized spacial score (nSPS) is 17.1. The maximum atomic E-state index is 12.5. The molecule has 144 valence electrons. The number of hydrogen-bond donors (Lipinski definition) is 1. The van der Waals surface area contributed by atoms with Crippen molar-refractivity contribution in [1.82, 2.24) is 4.72 Å². The molecular formula is C19H22N2O5S. The Hall–Kier alpha value is -2.58. The Labute approximate surface area is 158 Å². The highest BCUT2D eigenvalue weighted by atomic mass is 32.2. The van der Waals surface area contributed by atoms with Crippen LogP contribution in [0.25, 0.3) is 0 Å². The second-order valence-corrected chi connectivity index (χ2v) is 8.18. The number of nitrogens with zero attached hydrogens (tertiary/aromatic N) is 1. The molecule has 8 heteroatoms. The van der Waals surface area contributed by atoms with E-state index in [0.29, 0.717) is 11.4 Å². The van der Waals surface area contributed by atoms with Gasteiger partial charge < -0.3 is 9.47 Å². The SMILES string of the molecule is COc1cccc(N2C[C@@H](CNS(=O)(=O)c3ccc(C)c(C)c3)OC2=O)c1. The number of benzene rings is 2. The van der Waals surface area contributed by atoms with Crippen LogP contribution in [0.4, 0.5) is 10.5 Å². The van der Waals surface area contributed by atoms with Gasteiger partial charge in [-0.1, -0.05) is 12.1 Å². The fourth-order valence-corrected chi connectivity index (χ4v) is 3.94. The zero-order chi connectivity index (χ0) is 19.6. The molecular weight excluding hydrogens is 368 g/mol. The van der Waals surface area contributed by atoms with Crippen LogP contribution in [0.2, 0.25) is 0 Å². The number of ether oxygens (including phenoxy) is 2. The first-order valence-electron chi connectivity index (χ1n) is 8.49. The topological polar surface area (TPSA) is 84.9 Å². The highest BCUT2D eigenvalue weighted by Gasteiger charge is 2.33. The van der Waals surface area contributed by atoms with Gasteiger partial charge in [0.15, 0.2) is 0 Å². The maximum Gasteiger partial charge on any atom is 0.414 e. The van der Waals surface area contributed by atoms with Gasteiger partial charge in [0.25, 0.3) is 0 Å². The fourth-order valence-electron chi connectivity index (χ4n) is 2.78. The Morgan fingerprint density at radius 2 is 1.96 bits per heavy atom. The average molecular weight is 390 g/mol. The average Bonchev–Trinajstić information content (AvgIpc) is 3.03. The largest absolute Gasteiger partial charge is 0.497 e. The van der Waals surface area contributed by atoms with Gasteiger partial charge in [0.1, 0.15) is 11.9 Å². The number of carbonyl (C=O) groups excluding carboxylic acids is 1. The molecule has 0 spiro atoms. The van der Waals surface area contributed by atoms with Gasteiger partial charge in [-0.3, -0.25) is 4.90 Å². The molecule has 0 aliphatic carbocycles. The Bertz CT molecular complexity index is 958. The van der Waals surface area contributed by atoms with Gasteiger partial charge in [-0.15, -0.1) is 0 Å². The van der Waals surface area contributed by atoms with Gasteiger partial charge in [0.2, 0.25) is 10.0 Å². The molecule has 1 heterocycles. The molecule has 0 radical (unpaired) electrons. The first-order chi connectivity index (χ1) is 12.8. The zero-order valence-electron chi connectivity index (χ0n) is 15.4. The van der Waals surface area contributed by atoms with E-state index in [-0.39, 0.29) is 18.0 Å². The maximum absolute atomic E-state index is 12.5. The van der Waals surface area contributed by atoms with E-state index in [9.17, 15) is 13.2 Å². The van der Waals surface area contributed by atoms with E-state index in [2.05, 4.69) is 4.72 Å². The first-order valence-corrected chi connectivity index (χ1v) is 9.97. The smallest absolute Gasteiger partial charge is 0.414 e. The van der Waals surface area contributed by atoms with Gasteiger partial charge in [-0.2, -0.15) is 0 Å². The van der Waals surface area contributed by atoms with Crippen LogP contribution >= 0.6 is 0 Å². The molecule has 27 heavy (non-hydrogen) atoms. The summed E-state index contributed by atoms with van der Waals surface area (Å²) in [6, 6.07) is 12.0. The molecule has 0 saturated carbocycles. The molecule has 1 aliphatic rings. The molecule has 2 aromatic rings. The highest BCUT2D eigenvalue weighted by molar-refractivity contribution is 7.89. The van der Waals surface area contributed by atoms with Crippen molar-refractivity contribution >= 4 is 21.8 Å². The van der Waals surface area contributed by atoms with Crippen LogP contribution < -0.4 is 14.4 Å². The molecule has 7 nitrogen and oxygen atoms in total. The number of carbonyl (C=O) groups is 1. The van der Waals surface area contributed by atoms with E-state index in [1.807, 2.05) is 13.8 Å². The lowest BCUT2D eigenvalue weighted by Gasteiger charge is -2.14. The fraction of sp³-hybridized carbons (Fsp3) is 0.316. The monoisotopic (exact) mass is 390 g/mol. The predicted molar refractivity (Wildman–Crippen MR) is 102 cm³/mol. The number of cyclic esters (lactones) is 1. The lowest BCUT2D eigenvalue weighted by Crippen LogP contribution is -2.34. The van der Waals surface area contributed by atoms with Crippen LogP contribution in [0.1, 0.15) is 11.1 Å². The van der Waals surface area contributed by atoms with E-state index >= 15 is 0 Å². The molecule has 0 aromatic heterocycles. The number of sulfonamides is 1. The molecule has 1 saturated heterocycles. The van der Waals surface area contributed by atoms with Gasteiger partial charge in [0, 0.05) is 12.6 Å². The van der Waals surface area contributed by atoms with Crippen LogP contribution in [0.15, 0.2) is 47.4 Å². The second-order valence-electron chi connectivity index (χ2n) is 6.42. The van der Waals surface area contributed by atoms with Crippen LogP contribution in [0, 0.1) is 13.8 Å². The number of anilines is 1. The van der Waals surface area contributed by atoms with E-state index in [1.165, 1.54) is 4.90 Å². The van der Waals surface area contributed by atoms with Crippen molar-refractivity contribution in [3.05, 3.63) is 53.6 Å². The van der Waals surface area contributed by atoms with Crippen LogP contribution in [-0.4, -0.2) is 40.8 Å². The molecule has 1 fully saturated rings. The Balaban J connectivity index is 1.66. The number of amides is 1. The van der Waals surface area contributed by atoms with Crippen molar-refractivity contribution in [2.45, 2.75) is 24.8 Å². The number of nitrogens with one attached hydrogen (secondary N) is 1. The summed E-state index contributed by atoms with van der Waals surface area (Å²) >= 11 is 0. The van der Waals surface area contributed by atoms with Crippen LogP contribution in [0.5, 0.6) is 5.75 Å². The Morgan fingerprint density at radius 1 is 1.19 bits per heavy atom. The van der Waals surface area contributed by atoms with Crippen LogP contribution in [0.3, 0.4) is 0 Å². The van der Waals surface area contributed by atoms with Crippen molar-refractivity contribution in [3.63, 3.8) is 0 Å². The summed E-state index contributed by atoms with van der Waals surface area (Å²) in [7, 11) is -2.13. The Kier molecular flexibility index (Phi) is 5.38. The summed E-state index contributed by atoms with van der Waals surface area (Å²) in [5, 5.41) is 0. The summed E-state index contributed by atoms with van der Waals surface area (Å²) in [5.74, 6) is 0.624. The molecule has 1 atom stereocenters. The van der Waals surface area contributed by atoms with Crippen molar-refractivity contribution in [3.8, 4) is 5.75 Å². The summed E-state index contributed by atoms with van der Waals surface area (Å²) in [6.07, 6.45) is -1.09. The predicted octanol–water partition coefficient (Wildman–Crippen LogP) is 2.62. The molecule has 0 unspecified atom stereocenters. The minimum Gasteiger partial charge on any atom is -0.497 e. The summed E-state index contributed by atoms with van der Waals surface area (Å²) in [6.45, 7) is 4.03. The van der Waals surface area contributed by atoms with Gasteiger partial charge in [-0.25, -0.2) is 17.9 Å². The van der Waals surface area contributed by atoms with Crippen molar-refractivity contribution in [1.29, 1.82) is 0 Å². The Morgan fingerprint density at radius 3 is 2.67 bits per heavy atom. The molecule has 1 aliphatic heterocycles. The summed E-state index contributed by atoms with van der Waals surface area (Å²) in [5.41, 5.74) is 2.56. The van der Waals surface area contributed by atoms with Gasteiger partial charge in [-0.05, 0) is 49.2 Å². The molecule has 0 bridgehead atoms. The number of aryl methyl sites for hydroxylation is 2. The zero-order valence-corrected chi connectivity index (χ0v) is 16.2. The standard InChI is InChI=1S/C19H22N2O5S/c1-13-7-8-18(9-14(13)2)27(23,24)20-11-17-12-21(19(22)26-17)15-5-4-6-16(10-15)25-3/h4-10,17,20H,11-12H2,1-3H3/t17-/m1/s1. The minimum atomic E-state index is -3.68. The third-order valence-electron chi connectivity index (χ3n) is 4.53. The van der Waals surface area contributed by atoms with Crippen molar-refractivity contribution in [2.24, 2.45) is 0 Å². The third kappa shape index (κ3) is 4.23. The highest BCUT2D eigenvalue weighted by Crippen LogP contribution is 2.25. The summed E-state index contributed by atoms with van der Waals surface area (Å²) in [4.78, 5) is 13.8. The second kappa shape index (κ2) is 7.58. The number of rotatable bonds is 6. The third-order valence-corrected chi connectivity index (χ3v) is 5.95. The van der Waals surface area contributed by atoms with Crippen molar-refractivity contribution < 1.29 is 22.7 Å². The van der Waals surface area contributed by atoms with E-state index in [1.54, 1.807) is 49.6 Å². The van der Waals surface area contributed by atoms with Crippen LogP contribution in [-0.2, 0) is 14.8 Å². The van der Waals surface area contributed by atoms with Gasteiger partial charge >= 0.3 is 6.09 Å². The molecule has 2 aromatic carbocycles. The molecule has 3 rings (SSSR count). The quantitative estimate of drug-likeness (QED) is 0.820. The van der Waals surface area contributed by atoms with E-state index < -0.39 is 22.2 Å². The van der Waals surface area contributed by atoms with Gasteiger partial charge in [0.05, 0.1) is 24.2 Å².